The first kappa shape index (κ1) is 15.3. The maximum Gasteiger partial charge on any atom is 0.233 e. The van der Waals surface area contributed by atoms with Crippen LogP contribution in [0.25, 0.3) is 0 Å². The van der Waals surface area contributed by atoms with E-state index in [1.165, 1.54) is 0 Å². The van der Waals surface area contributed by atoms with E-state index in [1.54, 1.807) is 7.11 Å². The Labute approximate surface area is 125 Å². The third-order valence-electron chi connectivity index (χ3n) is 3.15. The van der Waals surface area contributed by atoms with Crippen molar-refractivity contribution in [3.63, 3.8) is 0 Å². The summed E-state index contributed by atoms with van der Waals surface area (Å²) in [4.78, 5) is 0. The zero-order valence-corrected chi connectivity index (χ0v) is 12.7. The summed E-state index contributed by atoms with van der Waals surface area (Å²) in [7, 11) is 3.47. The topological polar surface area (TPSA) is 56.3 Å². The molecule has 5 heteroatoms. The predicted octanol–water partition coefficient (Wildman–Crippen LogP) is 2.58. The van der Waals surface area contributed by atoms with Gasteiger partial charge in [0.15, 0.2) is 0 Å². The standard InChI is InChI=1S/C16H21N3O2/c1-4-11-21-14-8-6-5-7-12(14)16(17-2)13-9-10-15(20-3)19-18-13/h5-10,16-17H,4,11H2,1-3H3. The Morgan fingerprint density at radius 1 is 1.14 bits per heavy atom. The second-order valence-electron chi connectivity index (χ2n) is 4.61. The predicted molar refractivity (Wildman–Crippen MR) is 81.7 cm³/mol. The molecule has 2 rings (SSSR count). The third-order valence-corrected chi connectivity index (χ3v) is 3.15. The minimum atomic E-state index is -0.0727. The monoisotopic (exact) mass is 287 g/mol. The number of hydrogen-bond acceptors (Lipinski definition) is 5. The van der Waals surface area contributed by atoms with Crippen LogP contribution in [0.3, 0.4) is 0 Å². The molecule has 1 aromatic carbocycles. The highest BCUT2D eigenvalue weighted by Crippen LogP contribution is 2.29. The van der Waals surface area contributed by atoms with Crippen LogP contribution < -0.4 is 14.8 Å². The van der Waals surface area contributed by atoms with Crippen LogP contribution in [-0.2, 0) is 0 Å². The zero-order valence-electron chi connectivity index (χ0n) is 12.7. The van der Waals surface area contributed by atoms with E-state index in [1.807, 2.05) is 43.4 Å². The summed E-state index contributed by atoms with van der Waals surface area (Å²) in [5.74, 6) is 1.38. The van der Waals surface area contributed by atoms with Gasteiger partial charge in [-0.1, -0.05) is 25.1 Å². The number of aromatic nitrogens is 2. The van der Waals surface area contributed by atoms with Gasteiger partial charge in [0.1, 0.15) is 5.75 Å². The van der Waals surface area contributed by atoms with E-state index in [9.17, 15) is 0 Å². The van der Waals surface area contributed by atoms with Crippen molar-refractivity contribution in [2.24, 2.45) is 0 Å². The van der Waals surface area contributed by atoms with Gasteiger partial charge in [-0.25, -0.2) is 0 Å². The summed E-state index contributed by atoms with van der Waals surface area (Å²) in [6.45, 7) is 2.79. The van der Waals surface area contributed by atoms with Gasteiger partial charge in [-0.15, -0.1) is 10.2 Å². The molecule has 1 heterocycles. The quantitative estimate of drug-likeness (QED) is 0.848. The average Bonchev–Trinajstić information content (AvgIpc) is 2.55. The normalized spacial score (nSPS) is 12.0. The molecule has 112 valence electrons. The second kappa shape index (κ2) is 7.59. The fourth-order valence-corrected chi connectivity index (χ4v) is 2.12. The Balaban J connectivity index is 2.31. The van der Waals surface area contributed by atoms with Gasteiger partial charge < -0.3 is 14.8 Å². The first-order chi connectivity index (χ1) is 10.3. The molecule has 0 aliphatic rings. The molecule has 1 aromatic heterocycles. The average molecular weight is 287 g/mol. The molecule has 0 spiro atoms. The minimum absolute atomic E-state index is 0.0727. The number of benzene rings is 1. The van der Waals surface area contributed by atoms with E-state index < -0.39 is 0 Å². The lowest BCUT2D eigenvalue weighted by Gasteiger charge is -2.19. The van der Waals surface area contributed by atoms with E-state index in [-0.39, 0.29) is 6.04 Å². The van der Waals surface area contributed by atoms with Gasteiger partial charge >= 0.3 is 0 Å². The largest absolute Gasteiger partial charge is 0.493 e. The maximum absolute atomic E-state index is 5.82. The lowest BCUT2D eigenvalue weighted by Crippen LogP contribution is -2.20. The fourth-order valence-electron chi connectivity index (χ4n) is 2.12. The van der Waals surface area contributed by atoms with Crippen LogP contribution in [0.15, 0.2) is 36.4 Å². The molecule has 0 saturated carbocycles. The lowest BCUT2D eigenvalue weighted by molar-refractivity contribution is 0.312. The number of nitrogens with zero attached hydrogens (tertiary/aromatic N) is 2. The summed E-state index contributed by atoms with van der Waals surface area (Å²) < 4.78 is 10.9. The van der Waals surface area contributed by atoms with Gasteiger partial charge in [0.2, 0.25) is 5.88 Å². The van der Waals surface area contributed by atoms with Crippen LogP contribution in [0.2, 0.25) is 0 Å². The first-order valence-corrected chi connectivity index (χ1v) is 7.06. The fraction of sp³-hybridized carbons (Fsp3) is 0.375. The molecule has 0 radical (unpaired) electrons. The molecule has 0 fully saturated rings. The highest BCUT2D eigenvalue weighted by atomic mass is 16.5. The summed E-state index contributed by atoms with van der Waals surface area (Å²) in [6.07, 6.45) is 0.973. The van der Waals surface area contributed by atoms with Crippen LogP contribution in [0.4, 0.5) is 0 Å². The van der Waals surface area contributed by atoms with Crippen molar-refractivity contribution in [3.8, 4) is 11.6 Å². The lowest BCUT2D eigenvalue weighted by atomic mass is 10.0. The maximum atomic E-state index is 5.82. The van der Waals surface area contributed by atoms with E-state index in [0.29, 0.717) is 12.5 Å². The van der Waals surface area contributed by atoms with Gasteiger partial charge in [0.05, 0.1) is 25.5 Å². The summed E-state index contributed by atoms with van der Waals surface area (Å²) in [5.41, 5.74) is 1.87. The van der Waals surface area contributed by atoms with Crippen molar-refractivity contribution >= 4 is 0 Å². The molecule has 0 aliphatic carbocycles. The number of hydrogen-bond donors (Lipinski definition) is 1. The van der Waals surface area contributed by atoms with Gasteiger partial charge in [-0.2, -0.15) is 0 Å². The van der Waals surface area contributed by atoms with Gasteiger partial charge in [0.25, 0.3) is 0 Å². The molecular formula is C16H21N3O2. The SMILES string of the molecule is CCCOc1ccccc1C(NC)c1ccc(OC)nn1. The van der Waals surface area contributed by atoms with Gasteiger partial charge in [-0.05, 0) is 25.6 Å². The van der Waals surface area contributed by atoms with Crippen LogP contribution >= 0.6 is 0 Å². The molecule has 0 aliphatic heterocycles. The van der Waals surface area contributed by atoms with Crippen LogP contribution in [-0.4, -0.2) is 31.0 Å². The van der Waals surface area contributed by atoms with Gasteiger partial charge in [-0.3, -0.25) is 0 Å². The molecular weight excluding hydrogens is 266 g/mol. The van der Waals surface area contributed by atoms with Crippen LogP contribution in [0, 0.1) is 0 Å². The smallest absolute Gasteiger partial charge is 0.233 e. The number of nitrogens with one attached hydrogen (secondary N) is 1. The van der Waals surface area contributed by atoms with Crippen molar-refractivity contribution in [1.29, 1.82) is 0 Å². The molecule has 2 aromatic rings. The number of para-hydroxylation sites is 1. The van der Waals surface area contributed by atoms with Crippen molar-refractivity contribution < 1.29 is 9.47 Å². The van der Waals surface area contributed by atoms with Crippen molar-refractivity contribution in [2.45, 2.75) is 19.4 Å². The molecule has 0 amide bonds. The Kier molecular flexibility index (Phi) is 5.51. The van der Waals surface area contributed by atoms with Gasteiger partial charge in [0, 0.05) is 11.6 Å². The zero-order chi connectivity index (χ0) is 15.1. The molecule has 0 saturated heterocycles. The first-order valence-electron chi connectivity index (χ1n) is 7.06. The molecule has 21 heavy (non-hydrogen) atoms. The number of ether oxygens (including phenoxy) is 2. The Bertz CT molecular complexity index is 558. The van der Waals surface area contributed by atoms with E-state index >= 15 is 0 Å². The van der Waals surface area contributed by atoms with Crippen molar-refractivity contribution in [2.75, 3.05) is 20.8 Å². The van der Waals surface area contributed by atoms with Crippen LogP contribution in [0.1, 0.15) is 30.6 Å². The Morgan fingerprint density at radius 3 is 2.57 bits per heavy atom. The highest BCUT2D eigenvalue weighted by Gasteiger charge is 2.18. The minimum Gasteiger partial charge on any atom is -0.493 e. The van der Waals surface area contributed by atoms with E-state index in [0.717, 1.165) is 23.4 Å². The second-order valence-corrected chi connectivity index (χ2v) is 4.61. The van der Waals surface area contributed by atoms with Crippen molar-refractivity contribution in [3.05, 3.63) is 47.7 Å². The van der Waals surface area contributed by atoms with Crippen molar-refractivity contribution in [1.82, 2.24) is 15.5 Å². The molecule has 5 nitrogen and oxygen atoms in total. The van der Waals surface area contributed by atoms with Crippen LogP contribution in [0.5, 0.6) is 11.6 Å². The summed E-state index contributed by atoms with van der Waals surface area (Å²) >= 11 is 0. The molecule has 1 N–H and O–H groups in total. The Hall–Kier alpha value is -2.14. The molecule has 0 bridgehead atoms. The highest BCUT2D eigenvalue weighted by molar-refractivity contribution is 5.40. The summed E-state index contributed by atoms with van der Waals surface area (Å²) in [5, 5.41) is 11.5. The molecule has 1 atom stereocenters. The molecule has 1 unspecified atom stereocenters. The van der Waals surface area contributed by atoms with E-state index in [2.05, 4.69) is 22.4 Å². The Morgan fingerprint density at radius 2 is 1.95 bits per heavy atom. The van der Waals surface area contributed by atoms with E-state index in [4.69, 9.17) is 9.47 Å². The summed E-state index contributed by atoms with van der Waals surface area (Å²) in [6, 6.07) is 11.6. The number of rotatable bonds is 7. The third kappa shape index (κ3) is 3.70. The number of methoxy groups -OCH3 is 1.